The van der Waals surface area contributed by atoms with Crippen molar-refractivity contribution in [3.63, 3.8) is 0 Å². The Morgan fingerprint density at radius 3 is 2.54 bits per heavy atom. The van der Waals surface area contributed by atoms with Gasteiger partial charge in [-0.05, 0) is 24.6 Å². The fraction of sp³-hybridized carbons (Fsp3) is 0.267. The summed E-state index contributed by atoms with van der Waals surface area (Å²) in [6.07, 6.45) is 0.712. The molecular weight excluding hydrogens is 353 g/mol. The summed E-state index contributed by atoms with van der Waals surface area (Å²) in [4.78, 5) is 28.9. The van der Waals surface area contributed by atoms with E-state index < -0.39 is 11.2 Å². The molecule has 0 aliphatic heterocycles. The van der Waals surface area contributed by atoms with Crippen LogP contribution in [0.2, 0.25) is 10.0 Å². The second-order valence-corrected chi connectivity index (χ2v) is 6.05. The molecule has 7 nitrogen and oxygen atoms in total. The maximum absolute atomic E-state index is 12.4. The minimum atomic E-state index is -0.515. The van der Waals surface area contributed by atoms with Crippen LogP contribution in [-0.4, -0.2) is 24.3 Å². The van der Waals surface area contributed by atoms with Gasteiger partial charge in [0.15, 0.2) is 17.0 Å². The minimum Gasteiger partial charge on any atom is -0.275 e. The Labute approximate surface area is 146 Å². The van der Waals surface area contributed by atoms with Crippen molar-refractivity contribution in [3.05, 3.63) is 49.1 Å². The van der Waals surface area contributed by atoms with Gasteiger partial charge in [0.05, 0.1) is 10.0 Å². The van der Waals surface area contributed by atoms with Crippen LogP contribution in [0.25, 0.3) is 22.6 Å². The van der Waals surface area contributed by atoms with Gasteiger partial charge in [0.1, 0.15) is 0 Å². The van der Waals surface area contributed by atoms with Gasteiger partial charge in [-0.2, -0.15) is 0 Å². The van der Waals surface area contributed by atoms with Crippen LogP contribution >= 0.6 is 23.2 Å². The number of fused-ring (bicyclic) bond motifs is 1. The molecule has 0 unspecified atom stereocenters. The Balaban J connectivity index is 2.30. The number of rotatable bonds is 3. The van der Waals surface area contributed by atoms with Crippen molar-refractivity contribution < 1.29 is 0 Å². The first-order valence-electron chi connectivity index (χ1n) is 7.23. The number of hydrogen-bond acceptors (Lipinski definition) is 5. The van der Waals surface area contributed by atoms with E-state index in [1.807, 2.05) is 6.92 Å². The molecule has 3 aromatic rings. The van der Waals surface area contributed by atoms with Crippen molar-refractivity contribution >= 4 is 34.4 Å². The average Bonchev–Trinajstić information content (AvgIpc) is 2.59. The van der Waals surface area contributed by atoms with E-state index in [-0.39, 0.29) is 17.0 Å². The van der Waals surface area contributed by atoms with Crippen LogP contribution in [0.1, 0.15) is 13.3 Å². The number of hydrogen-bond donors (Lipinski definition) is 0. The Kier molecular flexibility index (Phi) is 4.38. The summed E-state index contributed by atoms with van der Waals surface area (Å²) in [7, 11) is 1.41. The Hall–Kier alpha value is -2.25. The van der Waals surface area contributed by atoms with Crippen LogP contribution in [0.4, 0.5) is 0 Å². The van der Waals surface area contributed by atoms with Gasteiger partial charge in [-0.3, -0.25) is 13.9 Å². The lowest BCUT2D eigenvalue weighted by Gasteiger charge is -2.10. The predicted molar refractivity (Wildman–Crippen MR) is 92.6 cm³/mol. The van der Waals surface area contributed by atoms with Crippen molar-refractivity contribution in [1.82, 2.24) is 24.3 Å². The van der Waals surface area contributed by atoms with Crippen molar-refractivity contribution in [1.29, 1.82) is 0 Å². The molecular formula is C15H13Cl2N5O2. The number of halogens is 2. The number of nitrogens with zero attached hydrogens (tertiary/aromatic N) is 5. The summed E-state index contributed by atoms with van der Waals surface area (Å²) in [6, 6.07) is 4.89. The van der Waals surface area contributed by atoms with Gasteiger partial charge >= 0.3 is 5.69 Å². The molecule has 3 rings (SSSR count). The SMILES string of the molecule is CCCn1c(=O)n(C)c(=O)c2nc(-c3ccc(Cl)c(Cl)c3)nnc21. The molecule has 0 saturated heterocycles. The maximum Gasteiger partial charge on any atom is 0.332 e. The monoisotopic (exact) mass is 365 g/mol. The fourth-order valence-corrected chi connectivity index (χ4v) is 2.64. The molecule has 0 saturated carbocycles. The average molecular weight is 366 g/mol. The van der Waals surface area contributed by atoms with Crippen molar-refractivity contribution in [2.45, 2.75) is 19.9 Å². The van der Waals surface area contributed by atoms with Crippen LogP contribution < -0.4 is 11.2 Å². The van der Waals surface area contributed by atoms with Crippen LogP contribution in [0.5, 0.6) is 0 Å². The molecule has 124 valence electrons. The zero-order chi connectivity index (χ0) is 17.4. The van der Waals surface area contributed by atoms with Gasteiger partial charge in [-0.1, -0.05) is 30.1 Å². The molecule has 1 aromatic carbocycles. The zero-order valence-corrected chi connectivity index (χ0v) is 14.5. The molecule has 0 bridgehead atoms. The molecule has 2 aromatic heterocycles. The highest BCUT2D eigenvalue weighted by atomic mass is 35.5. The van der Waals surface area contributed by atoms with Gasteiger partial charge in [0.2, 0.25) is 0 Å². The predicted octanol–water partition coefficient (Wildman–Crippen LogP) is 2.27. The third kappa shape index (κ3) is 2.70. The first-order chi connectivity index (χ1) is 11.4. The minimum absolute atomic E-state index is 0.0848. The maximum atomic E-state index is 12.4. The molecule has 0 amide bonds. The summed E-state index contributed by atoms with van der Waals surface area (Å²) in [5, 5.41) is 8.84. The number of benzene rings is 1. The molecule has 0 aliphatic carbocycles. The molecule has 2 heterocycles. The summed E-state index contributed by atoms with van der Waals surface area (Å²) in [6.45, 7) is 2.35. The van der Waals surface area contributed by atoms with E-state index in [0.717, 1.165) is 4.57 Å². The van der Waals surface area contributed by atoms with E-state index >= 15 is 0 Å². The molecule has 0 radical (unpaired) electrons. The normalized spacial score (nSPS) is 11.2. The number of aromatic nitrogens is 5. The third-order valence-electron chi connectivity index (χ3n) is 3.57. The Morgan fingerprint density at radius 2 is 1.88 bits per heavy atom. The van der Waals surface area contributed by atoms with Crippen molar-refractivity contribution in [3.8, 4) is 11.4 Å². The smallest absolute Gasteiger partial charge is 0.275 e. The fourth-order valence-electron chi connectivity index (χ4n) is 2.35. The summed E-state index contributed by atoms with van der Waals surface area (Å²) >= 11 is 11.9. The molecule has 0 N–H and O–H groups in total. The van der Waals surface area contributed by atoms with E-state index in [1.165, 1.54) is 11.6 Å². The van der Waals surface area contributed by atoms with E-state index in [4.69, 9.17) is 23.2 Å². The second-order valence-electron chi connectivity index (χ2n) is 5.23. The molecule has 0 aliphatic rings. The first kappa shape index (κ1) is 16.6. The van der Waals surface area contributed by atoms with E-state index in [2.05, 4.69) is 15.2 Å². The van der Waals surface area contributed by atoms with Crippen LogP contribution in [-0.2, 0) is 13.6 Å². The summed E-state index contributed by atoms with van der Waals surface area (Å²) < 4.78 is 2.42. The van der Waals surface area contributed by atoms with Gasteiger partial charge < -0.3 is 0 Å². The largest absolute Gasteiger partial charge is 0.332 e. The van der Waals surface area contributed by atoms with E-state index in [0.29, 0.717) is 28.6 Å². The lowest BCUT2D eigenvalue weighted by molar-refractivity contribution is 0.605. The summed E-state index contributed by atoms with van der Waals surface area (Å²) in [5.74, 6) is 0.236. The molecule has 0 atom stereocenters. The molecule has 9 heteroatoms. The lowest BCUT2D eigenvalue weighted by atomic mass is 10.2. The van der Waals surface area contributed by atoms with Crippen molar-refractivity contribution in [2.75, 3.05) is 0 Å². The lowest BCUT2D eigenvalue weighted by Crippen LogP contribution is -2.39. The van der Waals surface area contributed by atoms with E-state index in [9.17, 15) is 9.59 Å². The highest BCUT2D eigenvalue weighted by Gasteiger charge is 2.15. The quantitative estimate of drug-likeness (QED) is 0.710. The van der Waals surface area contributed by atoms with Gasteiger partial charge in [-0.15, -0.1) is 10.2 Å². The Bertz CT molecular complexity index is 1060. The highest BCUT2D eigenvalue weighted by molar-refractivity contribution is 6.42. The van der Waals surface area contributed by atoms with Crippen LogP contribution in [0.3, 0.4) is 0 Å². The second kappa shape index (κ2) is 6.33. The van der Waals surface area contributed by atoms with E-state index in [1.54, 1.807) is 18.2 Å². The van der Waals surface area contributed by atoms with Gasteiger partial charge in [0, 0.05) is 19.2 Å². The summed E-state index contributed by atoms with van der Waals surface area (Å²) in [5.41, 5.74) is -0.115. The Morgan fingerprint density at radius 1 is 1.12 bits per heavy atom. The third-order valence-corrected chi connectivity index (χ3v) is 4.31. The topological polar surface area (TPSA) is 82.7 Å². The van der Waals surface area contributed by atoms with Gasteiger partial charge in [0.25, 0.3) is 5.56 Å². The standard InChI is InChI=1S/C15H13Cl2N5O2/c1-3-6-22-13-11(14(23)21(2)15(22)24)18-12(19-20-13)8-4-5-9(16)10(17)7-8/h4-5,7H,3,6H2,1-2H3. The van der Waals surface area contributed by atoms with Crippen LogP contribution in [0.15, 0.2) is 27.8 Å². The molecule has 0 spiro atoms. The van der Waals surface area contributed by atoms with Crippen molar-refractivity contribution in [2.24, 2.45) is 7.05 Å². The molecule has 0 fully saturated rings. The number of aryl methyl sites for hydroxylation is 1. The first-order valence-corrected chi connectivity index (χ1v) is 7.99. The zero-order valence-electron chi connectivity index (χ0n) is 13.0. The molecule has 24 heavy (non-hydrogen) atoms. The van der Waals surface area contributed by atoms with Crippen LogP contribution in [0, 0.1) is 0 Å². The van der Waals surface area contributed by atoms with Gasteiger partial charge in [-0.25, -0.2) is 9.78 Å². The highest BCUT2D eigenvalue weighted by Crippen LogP contribution is 2.26.